The average molecular weight is 484 g/mol. The number of rotatable bonds is 6. The summed E-state index contributed by atoms with van der Waals surface area (Å²) in [5.41, 5.74) is 5.47. The predicted octanol–water partition coefficient (Wildman–Crippen LogP) is 5.41. The maximum absolute atomic E-state index is 13.3. The van der Waals surface area contributed by atoms with E-state index in [1.54, 1.807) is 37.3 Å². The number of hydrogen-bond acceptors (Lipinski definition) is 5. The van der Waals surface area contributed by atoms with Crippen LogP contribution in [0, 0.1) is 20.8 Å². The first-order valence-corrected chi connectivity index (χ1v) is 11.9. The first-order valence-electron chi connectivity index (χ1n) is 11.9. The Kier molecular flexibility index (Phi) is 7.06. The summed E-state index contributed by atoms with van der Waals surface area (Å²) in [5, 5.41) is 11.3. The van der Waals surface area contributed by atoms with Crippen LogP contribution in [0.4, 0.5) is 0 Å². The Bertz CT molecular complexity index is 1370. The third-order valence-electron chi connectivity index (χ3n) is 6.50. The van der Waals surface area contributed by atoms with Crippen LogP contribution in [0.3, 0.4) is 0 Å². The van der Waals surface area contributed by atoms with Gasteiger partial charge in [-0.25, -0.2) is 4.79 Å². The zero-order valence-electron chi connectivity index (χ0n) is 20.9. The molecule has 1 amide bonds. The lowest BCUT2D eigenvalue weighted by molar-refractivity contribution is -0.140. The molecule has 1 unspecified atom stereocenters. The van der Waals surface area contributed by atoms with Crippen molar-refractivity contribution in [1.29, 1.82) is 0 Å². The molecule has 1 N–H and O–H groups in total. The molecule has 6 nitrogen and oxygen atoms in total. The number of carbonyl (C=O) groups excluding carboxylic acids is 3. The van der Waals surface area contributed by atoms with E-state index in [1.807, 2.05) is 57.2 Å². The molecule has 184 valence electrons. The number of aryl methyl sites for hydroxylation is 3. The van der Waals surface area contributed by atoms with E-state index >= 15 is 0 Å². The number of benzene rings is 3. The Hall–Kier alpha value is -4.19. The van der Waals surface area contributed by atoms with E-state index < -0.39 is 23.7 Å². The van der Waals surface area contributed by atoms with Gasteiger partial charge in [0.15, 0.2) is 0 Å². The molecule has 4 rings (SSSR count). The number of esters is 1. The number of likely N-dealkylation sites (tertiary alicyclic amines) is 1. The second-order valence-corrected chi connectivity index (χ2v) is 9.06. The number of Topliss-reactive ketones (excluding diaryl/α,β-unsaturated/α-hetero) is 1. The summed E-state index contributed by atoms with van der Waals surface area (Å²) in [5.74, 6) is -2.01. The van der Waals surface area contributed by atoms with Crippen LogP contribution in [0.25, 0.3) is 5.76 Å². The van der Waals surface area contributed by atoms with E-state index in [2.05, 4.69) is 0 Å². The van der Waals surface area contributed by atoms with Crippen molar-refractivity contribution in [1.82, 2.24) is 4.90 Å². The highest BCUT2D eigenvalue weighted by atomic mass is 16.5. The molecule has 3 aromatic rings. The van der Waals surface area contributed by atoms with Gasteiger partial charge >= 0.3 is 5.97 Å². The lowest BCUT2D eigenvalue weighted by atomic mass is 9.93. The van der Waals surface area contributed by atoms with Gasteiger partial charge in [-0.1, -0.05) is 54.1 Å². The van der Waals surface area contributed by atoms with Crippen LogP contribution in [0.5, 0.6) is 0 Å². The molecule has 0 bridgehead atoms. The van der Waals surface area contributed by atoms with E-state index in [-0.39, 0.29) is 24.5 Å². The summed E-state index contributed by atoms with van der Waals surface area (Å²) in [4.78, 5) is 40.0. The molecule has 1 saturated heterocycles. The zero-order chi connectivity index (χ0) is 26.0. The second kappa shape index (κ2) is 10.2. The highest BCUT2D eigenvalue weighted by molar-refractivity contribution is 6.46. The predicted molar refractivity (Wildman–Crippen MR) is 137 cm³/mol. The van der Waals surface area contributed by atoms with E-state index in [4.69, 9.17) is 4.74 Å². The lowest BCUT2D eigenvalue weighted by Gasteiger charge is -2.26. The van der Waals surface area contributed by atoms with Gasteiger partial charge in [0.1, 0.15) is 5.76 Å². The maximum atomic E-state index is 13.3. The fourth-order valence-corrected chi connectivity index (χ4v) is 4.43. The molecule has 0 aliphatic carbocycles. The van der Waals surface area contributed by atoms with Gasteiger partial charge in [-0.05, 0) is 68.1 Å². The van der Waals surface area contributed by atoms with Crippen LogP contribution in [-0.4, -0.2) is 34.3 Å². The van der Waals surface area contributed by atoms with E-state index in [0.29, 0.717) is 11.1 Å². The summed E-state index contributed by atoms with van der Waals surface area (Å²) >= 11 is 0. The standard InChI is InChI=1S/C30H29NO5/c1-5-36-30(35)22-13-10-21(11-14-22)17-31-26(23-8-6-7-18(2)15-23)25(28(33)29(31)34)27(32)24-12-9-19(3)20(4)16-24/h6-16,26,32H,5,17H2,1-4H3/b27-25-. The minimum absolute atomic E-state index is 0.0667. The first-order chi connectivity index (χ1) is 17.2. The molecule has 3 aromatic carbocycles. The fraction of sp³-hybridized carbons (Fsp3) is 0.233. The molecule has 0 aromatic heterocycles. The summed E-state index contributed by atoms with van der Waals surface area (Å²) in [7, 11) is 0. The summed E-state index contributed by atoms with van der Waals surface area (Å²) in [6, 6.07) is 19.0. The molecule has 0 radical (unpaired) electrons. The van der Waals surface area contributed by atoms with Crippen LogP contribution in [0.1, 0.15) is 56.7 Å². The molecule has 1 heterocycles. The lowest BCUT2D eigenvalue weighted by Crippen LogP contribution is -2.29. The molecule has 6 heteroatoms. The molecule has 0 spiro atoms. The molecular weight excluding hydrogens is 454 g/mol. The summed E-state index contributed by atoms with van der Waals surface area (Å²) in [6.45, 7) is 8.00. The van der Waals surface area contributed by atoms with Crippen molar-refractivity contribution < 1.29 is 24.2 Å². The van der Waals surface area contributed by atoms with Gasteiger partial charge in [-0.15, -0.1) is 0 Å². The van der Waals surface area contributed by atoms with Crippen molar-refractivity contribution in [2.24, 2.45) is 0 Å². The molecule has 1 aliphatic heterocycles. The van der Waals surface area contributed by atoms with Gasteiger partial charge in [0.2, 0.25) is 0 Å². The Morgan fingerprint density at radius 2 is 1.61 bits per heavy atom. The highest BCUT2D eigenvalue weighted by Gasteiger charge is 2.46. The van der Waals surface area contributed by atoms with E-state index in [9.17, 15) is 19.5 Å². The van der Waals surface area contributed by atoms with Crippen molar-refractivity contribution >= 4 is 23.4 Å². The second-order valence-electron chi connectivity index (χ2n) is 9.06. The number of aliphatic hydroxyl groups is 1. The van der Waals surface area contributed by atoms with Crippen LogP contribution in [0.15, 0.2) is 72.3 Å². The quantitative estimate of drug-likeness (QED) is 0.219. The Balaban J connectivity index is 1.78. The van der Waals surface area contributed by atoms with Crippen LogP contribution in [-0.2, 0) is 20.9 Å². The molecule has 0 saturated carbocycles. The average Bonchev–Trinajstić information content (AvgIpc) is 3.11. The first kappa shape index (κ1) is 24.9. The normalized spacial score (nSPS) is 16.9. The molecule has 1 aliphatic rings. The monoisotopic (exact) mass is 483 g/mol. The molecule has 1 fully saturated rings. The number of nitrogens with zero attached hydrogens (tertiary/aromatic N) is 1. The van der Waals surface area contributed by atoms with E-state index in [0.717, 1.165) is 27.8 Å². The fourth-order valence-electron chi connectivity index (χ4n) is 4.43. The highest BCUT2D eigenvalue weighted by Crippen LogP contribution is 2.40. The summed E-state index contributed by atoms with van der Waals surface area (Å²) < 4.78 is 5.03. The van der Waals surface area contributed by atoms with Crippen molar-refractivity contribution in [3.63, 3.8) is 0 Å². The summed E-state index contributed by atoms with van der Waals surface area (Å²) in [6.07, 6.45) is 0. The van der Waals surface area contributed by atoms with Crippen LogP contribution >= 0.6 is 0 Å². The Morgan fingerprint density at radius 1 is 0.917 bits per heavy atom. The maximum Gasteiger partial charge on any atom is 0.338 e. The van der Waals surface area contributed by atoms with Gasteiger partial charge in [0.05, 0.1) is 23.8 Å². The SMILES string of the molecule is CCOC(=O)c1ccc(CN2C(=O)C(=O)/C(=C(\O)c3ccc(C)c(C)c3)C2c2cccc(C)c2)cc1. The third kappa shape index (κ3) is 4.80. The van der Waals surface area contributed by atoms with Crippen molar-refractivity contribution in [2.45, 2.75) is 40.3 Å². The number of ketones is 1. The van der Waals surface area contributed by atoms with Gasteiger partial charge in [0, 0.05) is 12.1 Å². The van der Waals surface area contributed by atoms with E-state index in [1.165, 1.54) is 4.90 Å². The Labute approximate surface area is 210 Å². The minimum atomic E-state index is -0.753. The largest absolute Gasteiger partial charge is 0.507 e. The van der Waals surface area contributed by atoms with Crippen molar-refractivity contribution in [3.05, 3.63) is 111 Å². The van der Waals surface area contributed by atoms with Gasteiger partial charge < -0.3 is 14.7 Å². The smallest absolute Gasteiger partial charge is 0.338 e. The zero-order valence-corrected chi connectivity index (χ0v) is 20.9. The Morgan fingerprint density at radius 3 is 2.25 bits per heavy atom. The number of ether oxygens (including phenoxy) is 1. The van der Waals surface area contributed by atoms with Crippen LogP contribution in [0.2, 0.25) is 0 Å². The van der Waals surface area contributed by atoms with Gasteiger partial charge in [0.25, 0.3) is 11.7 Å². The molecular formula is C30H29NO5. The van der Waals surface area contributed by atoms with Crippen molar-refractivity contribution in [2.75, 3.05) is 6.61 Å². The number of hydrogen-bond donors (Lipinski definition) is 1. The van der Waals surface area contributed by atoms with Crippen molar-refractivity contribution in [3.8, 4) is 0 Å². The number of aliphatic hydroxyl groups excluding tert-OH is 1. The number of carbonyl (C=O) groups is 3. The third-order valence-corrected chi connectivity index (χ3v) is 6.50. The minimum Gasteiger partial charge on any atom is -0.507 e. The van der Waals surface area contributed by atoms with Gasteiger partial charge in [-0.2, -0.15) is 0 Å². The topological polar surface area (TPSA) is 83.9 Å². The number of amides is 1. The molecule has 36 heavy (non-hydrogen) atoms. The van der Waals surface area contributed by atoms with Crippen LogP contribution < -0.4 is 0 Å². The van der Waals surface area contributed by atoms with Gasteiger partial charge in [-0.3, -0.25) is 9.59 Å². The molecule has 1 atom stereocenters.